The summed E-state index contributed by atoms with van der Waals surface area (Å²) in [5.74, 6) is -0.389. The molecule has 7 heteroatoms. The molecule has 0 atom stereocenters. The van der Waals surface area contributed by atoms with Crippen LogP contribution in [0.3, 0.4) is 0 Å². The van der Waals surface area contributed by atoms with Gasteiger partial charge in [-0.1, -0.05) is 141 Å². The largest absolute Gasteiger partial charge is 0.465 e. The van der Waals surface area contributed by atoms with Gasteiger partial charge in [0.05, 0.1) is 18.6 Å². The Hall–Kier alpha value is -1.70. The zero-order valence-corrected chi connectivity index (χ0v) is 36.0. The van der Waals surface area contributed by atoms with Gasteiger partial charge in [-0.15, -0.1) is 0 Å². The van der Waals surface area contributed by atoms with E-state index in [4.69, 9.17) is 18.9 Å². The molecule has 0 radical (unpaired) electrons. The van der Waals surface area contributed by atoms with Crippen LogP contribution in [-0.4, -0.2) is 70.2 Å². The van der Waals surface area contributed by atoms with Crippen LogP contribution in [0, 0.1) is 5.41 Å². The van der Waals surface area contributed by atoms with E-state index in [2.05, 4.69) is 57.1 Å². The van der Waals surface area contributed by atoms with E-state index in [0.717, 1.165) is 70.8 Å². The molecule has 0 aromatic rings. The average molecular weight is 762 g/mol. The van der Waals surface area contributed by atoms with E-state index in [1.165, 1.54) is 116 Å². The van der Waals surface area contributed by atoms with E-state index in [-0.39, 0.29) is 31.4 Å². The molecule has 0 bridgehead atoms. The van der Waals surface area contributed by atoms with Crippen LogP contribution in [0.15, 0.2) is 24.3 Å². The Morgan fingerprint density at radius 2 is 0.889 bits per heavy atom. The van der Waals surface area contributed by atoms with E-state index in [0.29, 0.717) is 26.1 Å². The Balaban J connectivity index is 2.26. The van der Waals surface area contributed by atoms with Crippen molar-refractivity contribution in [1.82, 2.24) is 4.90 Å². The molecule has 0 N–H and O–H groups in total. The second-order valence-corrected chi connectivity index (χ2v) is 16.5. The minimum Gasteiger partial charge on any atom is -0.465 e. The van der Waals surface area contributed by atoms with Gasteiger partial charge >= 0.3 is 11.9 Å². The molecule has 1 rings (SSSR count). The number of rotatable bonds is 38. The summed E-state index contributed by atoms with van der Waals surface area (Å²) in [5, 5.41) is 0. The molecule has 0 aromatic heterocycles. The fourth-order valence-corrected chi connectivity index (χ4v) is 6.87. The minimum atomic E-state index is -0.672. The molecule has 0 aromatic carbocycles. The third kappa shape index (κ3) is 31.5. The summed E-state index contributed by atoms with van der Waals surface area (Å²) in [4.78, 5) is 27.6. The smallest absolute Gasteiger partial charge is 0.305 e. The molecule has 1 heterocycles. The van der Waals surface area contributed by atoms with Crippen LogP contribution in [0.4, 0.5) is 0 Å². The van der Waals surface area contributed by atoms with Crippen molar-refractivity contribution in [3.8, 4) is 0 Å². The van der Waals surface area contributed by atoms with E-state index >= 15 is 0 Å². The number of allylic oxidation sites excluding steroid dienone is 4. The van der Waals surface area contributed by atoms with Gasteiger partial charge in [0.1, 0.15) is 13.2 Å². The van der Waals surface area contributed by atoms with Crippen molar-refractivity contribution in [2.45, 2.75) is 213 Å². The molecule has 54 heavy (non-hydrogen) atoms. The van der Waals surface area contributed by atoms with Crippen LogP contribution in [-0.2, 0) is 28.5 Å². The van der Waals surface area contributed by atoms with Crippen LogP contribution in [0.25, 0.3) is 0 Å². The van der Waals surface area contributed by atoms with Gasteiger partial charge in [-0.3, -0.25) is 9.59 Å². The van der Waals surface area contributed by atoms with Gasteiger partial charge in [-0.25, -0.2) is 0 Å². The Morgan fingerprint density at radius 3 is 1.26 bits per heavy atom. The first-order valence-electron chi connectivity index (χ1n) is 22.9. The maximum atomic E-state index is 12.7. The lowest BCUT2D eigenvalue weighted by atomic mass is 9.91. The first-order chi connectivity index (χ1) is 26.4. The highest BCUT2D eigenvalue weighted by Gasteiger charge is 2.40. The molecule has 0 aliphatic carbocycles. The lowest BCUT2D eigenvalue weighted by molar-refractivity contribution is -0.249. The summed E-state index contributed by atoms with van der Waals surface area (Å²) in [6.45, 7) is 6.48. The maximum Gasteiger partial charge on any atom is 0.305 e. The number of esters is 2. The lowest BCUT2D eigenvalue weighted by Crippen LogP contribution is -2.48. The molecule has 316 valence electrons. The standard InChI is InChI=1S/C47H87NO6/c1-5-7-9-11-13-15-17-19-21-23-25-27-29-31-33-36-44(49)51-40-47(42-53-46(54-43-47)38-35-39-48(3)4)41-52-45(50)37-34-32-30-28-26-24-22-20-18-16-14-12-10-8-6-2/h19-22,46H,5-18,23-43H2,1-4H3/b21-19-,22-20-. The zero-order valence-electron chi connectivity index (χ0n) is 36.0. The minimum absolute atomic E-state index is 0.141. The van der Waals surface area contributed by atoms with Gasteiger partial charge in [0.2, 0.25) is 0 Å². The van der Waals surface area contributed by atoms with Gasteiger partial charge in [0.15, 0.2) is 6.29 Å². The first kappa shape index (κ1) is 50.3. The van der Waals surface area contributed by atoms with E-state index in [9.17, 15) is 9.59 Å². The van der Waals surface area contributed by atoms with Crippen molar-refractivity contribution in [2.75, 3.05) is 47.1 Å². The highest BCUT2D eigenvalue weighted by molar-refractivity contribution is 5.69. The molecule has 0 spiro atoms. The maximum absolute atomic E-state index is 12.7. The summed E-state index contributed by atoms with van der Waals surface area (Å²) >= 11 is 0. The van der Waals surface area contributed by atoms with Crippen molar-refractivity contribution in [3.05, 3.63) is 24.3 Å². The first-order valence-corrected chi connectivity index (χ1v) is 22.9. The summed E-state index contributed by atoms with van der Waals surface area (Å²) in [6.07, 6.45) is 43.6. The second kappa shape index (κ2) is 36.9. The van der Waals surface area contributed by atoms with Gasteiger partial charge in [0, 0.05) is 12.8 Å². The second-order valence-electron chi connectivity index (χ2n) is 16.5. The molecule has 1 aliphatic rings. The predicted octanol–water partition coefficient (Wildman–Crippen LogP) is 12.8. The quantitative estimate of drug-likeness (QED) is 0.0352. The SMILES string of the molecule is CCCCCCCC/C=C\CCCCCCCC(=O)OCC1(COC(=O)CCCCCCC/C=C\CCCCCCCC)COC(CCCN(C)C)OC1. The van der Waals surface area contributed by atoms with Crippen LogP contribution in [0.2, 0.25) is 0 Å². The number of hydrogen-bond acceptors (Lipinski definition) is 7. The van der Waals surface area contributed by atoms with Gasteiger partial charge in [0.25, 0.3) is 0 Å². The third-order valence-electron chi connectivity index (χ3n) is 10.6. The summed E-state index contributed by atoms with van der Waals surface area (Å²) in [6, 6.07) is 0. The number of carbonyl (C=O) groups is 2. The topological polar surface area (TPSA) is 74.3 Å². The molecule has 0 amide bonds. The lowest BCUT2D eigenvalue weighted by Gasteiger charge is -2.39. The van der Waals surface area contributed by atoms with Gasteiger partial charge < -0.3 is 23.8 Å². The monoisotopic (exact) mass is 762 g/mol. The van der Waals surface area contributed by atoms with E-state index in [1.807, 2.05) is 0 Å². The van der Waals surface area contributed by atoms with Crippen LogP contribution in [0.1, 0.15) is 206 Å². The summed E-state index contributed by atoms with van der Waals surface area (Å²) in [7, 11) is 4.12. The Labute approximate surface area is 334 Å². The zero-order chi connectivity index (χ0) is 39.2. The number of nitrogens with zero attached hydrogens (tertiary/aromatic N) is 1. The number of carbonyl (C=O) groups excluding carboxylic acids is 2. The third-order valence-corrected chi connectivity index (χ3v) is 10.6. The molecule has 0 unspecified atom stereocenters. The summed E-state index contributed by atoms with van der Waals surface area (Å²) < 4.78 is 23.7. The molecular weight excluding hydrogens is 675 g/mol. The molecule has 1 fully saturated rings. The van der Waals surface area contributed by atoms with Crippen molar-refractivity contribution < 1.29 is 28.5 Å². The normalized spacial score (nSPS) is 14.8. The molecule has 1 aliphatic heterocycles. The van der Waals surface area contributed by atoms with E-state index in [1.54, 1.807) is 0 Å². The Kier molecular flexibility index (Phi) is 34.4. The molecule has 7 nitrogen and oxygen atoms in total. The molecule has 1 saturated heterocycles. The molecule has 0 saturated carbocycles. The molecular formula is C47H87NO6. The van der Waals surface area contributed by atoms with Gasteiger partial charge in [-0.2, -0.15) is 0 Å². The van der Waals surface area contributed by atoms with Crippen LogP contribution >= 0.6 is 0 Å². The Bertz CT molecular complexity index is 852. The van der Waals surface area contributed by atoms with Crippen molar-refractivity contribution in [3.63, 3.8) is 0 Å². The van der Waals surface area contributed by atoms with Gasteiger partial charge in [-0.05, 0) is 97.7 Å². The van der Waals surface area contributed by atoms with Crippen LogP contribution in [0.5, 0.6) is 0 Å². The number of ether oxygens (including phenoxy) is 4. The number of unbranched alkanes of at least 4 members (excludes halogenated alkanes) is 22. The fourth-order valence-electron chi connectivity index (χ4n) is 6.87. The van der Waals surface area contributed by atoms with E-state index < -0.39 is 5.41 Å². The Morgan fingerprint density at radius 1 is 0.537 bits per heavy atom. The van der Waals surface area contributed by atoms with Crippen molar-refractivity contribution in [2.24, 2.45) is 5.41 Å². The predicted molar refractivity (Wildman–Crippen MR) is 227 cm³/mol. The highest BCUT2D eigenvalue weighted by atomic mass is 16.7. The highest BCUT2D eigenvalue weighted by Crippen LogP contribution is 2.28. The number of hydrogen-bond donors (Lipinski definition) is 0. The average Bonchev–Trinajstić information content (AvgIpc) is 3.17. The van der Waals surface area contributed by atoms with Crippen LogP contribution < -0.4 is 0 Å². The van der Waals surface area contributed by atoms with Crippen molar-refractivity contribution in [1.29, 1.82) is 0 Å². The summed E-state index contributed by atoms with van der Waals surface area (Å²) in [5.41, 5.74) is -0.672. The van der Waals surface area contributed by atoms with Crippen molar-refractivity contribution >= 4 is 11.9 Å². The fraction of sp³-hybridized carbons (Fsp3) is 0.872.